The maximum Gasteiger partial charge on any atom is 0.240 e. The molecule has 4 aliphatic heterocycles. The second-order valence-corrected chi connectivity index (χ2v) is 12.1. The molecule has 0 saturated carbocycles. The molecule has 4 heterocycles. The SMILES string of the molecule is CC(C)C[C@@H]1CCO[C@@H]2[C@H](CN[C@@H]2C(=O)N[C@@H]2C/C=C/[C@H](CO)CSC3O[C@H]2C(O)C(O)[C@H]3O)C1. The van der Waals surface area contributed by atoms with Crippen LogP contribution in [0.1, 0.15) is 39.5 Å². The molecular weight excluding hydrogens is 472 g/mol. The van der Waals surface area contributed by atoms with Crippen LogP contribution in [0, 0.1) is 23.7 Å². The van der Waals surface area contributed by atoms with Crippen molar-refractivity contribution < 1.29 is 34.7 Å². The lowest BCUT2D eigenvalue weighted by atomic mass is 9.85. The van der Waals surface area contributed by atoms with Crippen LogP contribution in [0.5, 0.6) is 0 Å². The summed E-state index contributed by atoms with van der Waals surface area (Å²) >= 11 is 1.29. The van der Waals surface area contributed by atoms with Crippen molar-refractivity contribution in [3.05, 3.63) is 12.2 Å². The quantitative estimate of drug-likeness (QED) is 0.280. The van der Waals surface area contributed by atoms with E-state index >= 15 is 0 Å². The van der Waals surface area contributed by atoms with E-state index in [1.165, 1.54) is 11.8 Å². The molecule has 200 valence electrons. The average molecular weight is 515 g/mol. The molecule has 35 heavy (non-hydrogen) atoms. The van der Waals surface area contributed by atoms with Crippen molar-refractivity contribution >= 4 is 17.7 Å². The summed E-state index contributed by atoms with van der Waals surface area (Å²) in [5.74, 6) is 1.67. The van der Waals surface area contributed by atoms with E-state index in [-0.39, 0.29) is 30.5 Å². The Kier molecular flexibility index (Phi) is 9.53. The molecule has 10 heteroatoms. The third-order valence-corrected chi connectivity index (χ3v) is 9.13. The fourth-order valence-electron chi connectivity index (χ4n) is 5.97. The molecule has 9 nitrogen and oxygen atoms in total. The number of aliphatic hydroxyl groups is 4. The summed E-state index contributed by atoms with van der Waals surface area (Å²) in [6.45, 7) is 5.80. The van der Waals surface area contributed by atoms with Gasteiger partial charge in [0.15, 0.2) is 0 Å². The minimum absolute atomic E-state index is 0.0534. The summed E-state index contributed by atoms with van der Waals surface area (Å²) in [6, 6.07) is -1.11. The standard InChI is InChI=1S/C25H42N2O7S/c1-13(2)8-14-6-7-33-22-16(9-14)10-26-18(22)24(32)27-17-5-3-4-15(11-28)12-35-25-21(31)19(29)20(30)23(17)34-25/h3-4,13-23,25-26,28-31H,5-12H2,1-2H3,(H,27,32)/b4-3+/t14-,15+,16-,17+,18-,19?,20?,21+,22+,23+,25?/m0/s1. The van der Waals surface area contributed by atoms with Crippen LogP contribution in [0.2, 0.25) is 0 Å². The van der Waals surface area contributed by atoms with Crippen molar-refractivity contribution in [2.45, 2.75) is 87.6 Å². The first-order valence-corrected chi connectivity index (χ1v) is 14.1. The van der Waals surface area contributed by atoms with Gasteiger partial charge < -0.3 is 40.5 Å². The summed E-state index contributed by atoms with van der Waals surface area (Å²) in [5, 5.41) is 47.7. The van der Waals surface area contributed by atoms with Gasteiger partial charge in [-0.25, -0.2) is 0 Å². The van der Waals surface area contributed by atoms with E-state index in [1.54, 1.807) is 0 Å². The maximum atomic E-state index is 13.5. The Labute approximate surface area is 212 Å². The molecule has 3 unspecified atom stereocenters. The number of rotatable bonds is 5. The molecular formula is C25H42N2O7S. The minimum atomic E-state index is -1.39. The molecule has 0 aromatic rings. The number of thioether (sulfide) groups is 1. The summed E-state index contributed by atoms with van der Waals surface area (Å²) in [5.41, 5.74) is -0.768. The number of carbonyl (C=O) groups excluding carboxylic acids is 1. The summed E-state index contributed by atoms with van der Waals surface area (Å²) < 4.78 is 12.2. The van der Waals surface area contributed by atoms with Gasteiger partial charge in [-0.3, -0.25) is 4.79 Å². The van der Waals surface area contributed by atoms with Gasteiger partial charge in [0.2, 0.25) is 5.91 Å². The van der Waals surface area contributed by atoms with E-state index in [1.807, 2.05) is 12.2 Å². The number of nitrogens with one attached hydrogen (secondary N) is 2. The van der Waals surface area contributed by atoms with Gasteiger partial charge in [-0.1, -0.05) is 26.0 Å². The number of carbonyl (C=O) groups is 1. The smallest absolute Gasteiger partial charge is 0.240 e. The third kappa shape index (κ3) is 6.41. The molecule has 6 N–H and O–H groups in total. The minimum Gasteiger partial charge on any atom is -0.396 e. The van der Waals surface area contributed by atoms with Crippen LogP contribution in [0.15, 0.2) is 12.2 Å². The Bertz CT molecular complexity index is 741. The highest BCUT2D eigenvalue weighted by Crippen LogP contribution is 2.35. The van der Waals surface area contributed by atoms with Gasteiger partial charge in [0.05, 0.1) is 18.8 Å². The maximum absolute atomic E-state index is 13.5. The Balaban J connectivity index is 1.47. The number of hydrogen-bond acceptors (Lipinski definition) is 9. The molecule has 0 radical (unpaired) electrons. The van der Waals surface area contributed by atoms with Crippen LogP contribution < -0.4 is 10.6 Å². The van der Waals surface area contributed by atoms with E-state index < -0.39 is 41.9 Å². The summed E-state index contributed by atoms with van der Waals surface area (Å²) in [7, 11) is 0. The zero-order valence-corrected chi connectivity index (χ0v) is 21.5. The second kappa shape index (κ2) is 12.2. The van der Waals surface area contributed by atoms with Crippen LogP contribution in [0.4, 0.5) is 0 Å². The molecule has 0 aromatic carbocycles. The number of ether oxygens (including phenoxy) is 2. The van der Waals surface area contributed by atoms with Crippen LogP contribution >= 0.6 is 11.8 Å². The molecule has 1 amide bonds. The normalized spacial score (nSPS) is 45.4. The van der Waals surface area contributed by atoms with E-state index in [0.717, 1.165) is 25.8 Å². The molecule has 3 fully saturated rings. The van der Waals surface area contributed by atoms with Gasteiger partial charge in [0.1, 0.15) is 35.9 Å². The predicted molar refractivity (Wildman–Crippen MR) is 133 cm³/mol. The molecule has 4 rings (SSSR count). The summed E-state index contributed by atoms with van der Waals surface area (Å²) in [4.78, 5) is 13.5. The molecule has 3 saturated heterocycles. The van der Waals surface area contributed by atoms with Crippen molar-refractivity contribution in [2.75, 3.05) is 25.5 Å². The van der Waals surface area contributed by atoms with Crippen molar-refractivity contribution in [3.8, 4) is 0 Å². The fourth-order valence-corrected chi connectivity index (χ4v) is 7.19. The van der Waals surface area contributed by atoms with Crippen molar-refractivity contribution in [3.63, 3.8) is 0 Å². The van der Waals surface area contributed by atoms with Crippen LogP contribution in [-0.2, 0) is 14.3 Å². The Morgan fingerprint density at radius 2 is 2.00 bits per heavy atom. The van der Waals surface area contributed by atoms with Gasteiger partial charge in [0.25, 0.3) is 0 Å². The lowest BCUT2D eigenvalue weighted by molar-refractivity contribution is -0.205. The Morgan fingerprint density at radius 1 is 1.20 bits per heavy atom. The van der Waals surface area contributed by atoms with Crippen molar-refractivity contribution in [1.29, 1.82) is 0 Å². The molecule has 11 atom stereocenters. The first kappa shape index (κ1) is 27.3. The van der Waals surface area contributed by atoms with Crippen LogP contribution in [0.25, 0.3) is 0 Å². The molecule has 0 aromatic heterocycles. The lowest BCUT2D eigenvalue weighted by Gasteiger charge is -2.44. The van der Waals surface area contributed by atoms with Crippen LogP contribution in [0.3, 0.4) is 0 Å². The van der Waals surface area contributed by atoms with Crippen molar-refractivity contribution in [2.24, 2.45) is 23.7 Å². The van der Waals surface area contributed by atoms with E-state index in [2.05, 4.69) is 24.5 Å². The second-order valence-electron chi connectivity index (χ2n) is 11.0. The zero-order chi connectivity index (χ0) is 25.1. The van der Waals surface area contributed by atoms with Gasteiger partial charge in [0, 0.05) is 24.8 Å². The van der Waals surface area contributed by atoms with Gasteiger partial charge >= 0.3 is 0 Å². The Hall–Kier alpha value is -0.720. The van der Waals surface area contributed by atoms with Gasteiger partial charge in [-0.15, -0.1) is 11.8 Å². The number of aliphatic hydroxyl groups excluding tert-OH is 4. The molecule has 4 aliphatic rings. The Morgan fingerprint density at radius 3 is 2.74 bits per heavy atom. The number of hydrogen-bond donors (Lipinski definition) is 6. The monoisotopic (exact) mass is 514 g/mol. The third-order valence-electron chi connectivity index (χ3n) is 7.79. The molecule has 2 bridgehead atoms. The first-order chi connectivity index (χ1) is 16.8. The van der Waals surface area contributed by atoms with E-state index in [9.17, 15) is 25.2 Å². The van der Waals surface area contributed by atoms with Crippen LogP contribution in [-0.4, -0.2) is 99.9 Å². The first-order valence-electron chi connectivity index (χ1n) is 13.0. The number of fused-ring (bicyclic) bond motifs is 3. The van der Waals surface area contributed by atoms with Crippen molar-refractivity contribution in [1.82, 2.24) is 10.6 Å². The topological polar surface area (TPSA) is 141 Å². The lowest BCUT2D eigenvalue weighted by Crippen LogP contribution is -2.64. The molecule has 0 aliphatic carbocycles. The van der Waals surface area contributed by atoms with E-state index in [4.69, 9.17) is 9.47 Å². The fraction of sp³-hybridized carbons (Fsp3) is 0.880. The zero-order valence-electron chi connectivity index (χ0n) is 20.7. The average Bonchev–Trinajstić information content (AvgIpc) is 3.11. The molecule has 0 spiro atoms. The predicted octanol–water partition coefficient (Wildman–Crippen LogP) is 0.00970. The highest BCUT2D eigenvalue weighted by Gasteiger charge is 2.49. The highest BCUT2D eigenvalue weighted by molar-refractivity contribution is 7.99. The van der Waals surface area contributed by atoms with Gasteiger partial charge in [-0.05, 0) is 43.4 Å². The van der Waals surface area contributed by atoms with E-state index in [0.29, 0.717) is 30.6 Å². The number of amides is 1. The van der Waals surface area contributed by atoms with Gasteiger partial charge in [-0.2, -0.15) is 0 Å². The highest BCUT2D eigenvalue weighted by atomic mass is 32.2. The largest absolute Gasteiger partial charge is 0.396 e. The summed E-state index contributed by atoms with van der Waals surface area (Å²) in [6.07, 6.45) is 2.28.